The van der Waals surface area contributed by atoms with Gasteiger partial charge >= 0.3 is 6.09 Å². The predicted octanol–water partition coefficient (Wildman–Crippen LogP) is 4.55. The first-order chi connectivity index (χ1) is 12.6. The van der Waals surface area contributed by atoms with Crippen molar-refractivity contribution in [3.8, 4) is 0 Å². The minimum Gasteiger partial charge on any atom is -0.444 e. The Bertz CT molecular complexity index is 372. The zero-order valence-corrected chi connectivity index (χ0v) is 18.4. The van der Waals surface area contributed by atoms with Crippen LogP contribution >= 0.6 is 0 Å². The smallest absolute Gasteiger partial charge is 0.410 e. The van der Waals surface area contributed by atoms with E-state index in [9.17, 15) is 18.4 Å². The van der Waals surface area contributed by atoms with Crippen molar-refractivity contribution in [2.24, 2.45) is 0 Å². The lowest BCUT2D eigenvalue weighted by molar-refractivity contribution is -0.112. The number of ether oxygens (including phenoxy) is 3. The molecule has 8 heteroatoms. The molecule has 0 bridgehead atoms. The third kappa shape index (κ3) is 16.6. The van der Waals surface area contributed by atoms with Gasteiger partial charge in [0.25, 0.3) is 5.92 Å². The number of alkyl halides is 2. The molecule has 0 aromatic rings. The summed E-state index contributed by atoms with van der Waals surface area (Å²) in [5.41, 5.74) is -0.747. The van der Waals surface area contributed by atoms with E-state index < -0.39 is 36.6 Å². The average Bonchev–Trinajstić information content (AvgIpc) is 2.92. The molecule has 1 saturated heterocycles. The second-order valence-electron chi connectivity index (χ2n) is 6.10. The quantitative estimate of drug-likeness (QED) is 0.501. The fraction of sp³-hybridized carbons (Fsp3) is 0.895. The number of aldehydes is 1. The maximum Gasteiger partial charge on any atom is 0.410 e. The zero-order chi connectivity index (χ0) is 22.1. The highest BCUT2D eigenvalue weighted by Gasteiger charge is 2.48. The first-order valence-corrected chi connectivity index (χ1v) is 9.44. The molecule has 0 aromatic carbocycles. The molecule has 0 saturated carbocycles. The lowest BCUT2D eigenvalue weighted by Gasteiger charge is -2.27. The van der Waals surface area contributed by atoms with Crippen molar-refractivity contribution in [2.45, 2.75) is 79.4 Å². The van der Waals surface area contributed by atoms with Crippen molar-refractivity contribution in [3.63, 3.8) is 0 Å². The van der Waals surface area contributed by atoms with Crippen LogP contribution in [-0.2, 0) is 19.0 Å². The van der Waals surface area contributed by atoms with E-state index in [1.807, 2.05) is 34.6 Å². The maximum absolute atomic E-state index is 13.4. The molecule has 0 spiro atoms. The molecule has 164 valence electrons. The molecule has 27 heavy (non-hydrogen) atoms. The van der Waals surface area contributed by atoms with E-state index in [1.54, 1.807) is 27.9 Å². The first-order valence-electron chi connectivity index (χ1n) is 9.44. The molecule has 1 unspecified atom stereocenters. The van der Waals surface area contributed by atoms with Crippen LogP contribution < -0.4 is 0 Å². The topological polar surface area (TPSA) is 65.1 Å². The largest absolute Gasteiger partial charge is 0.444 e. The molecule has 1 heterocycles. The predicted molar refractivity (Wildman–Crippen MR) is 103 cm³/mol. The van der Waals surface area contributed by atoms with Gasteiger partial charge in [0.15, 0.2) is 0 Å². The van der Waals surface area contributed by atoms with Crippen molar-refractivity contribution in [1.82, 2.24) is 4.90 Å². The summed E-state index contributed by atoms with van der Waals surface area (Å²) in [6.45, 7) is 14.8. The molecule has 1 aliphatic rings. The second kappa shape index (κ2) is 16.9. The fourth-order valence-electron chi connectivity index (χ4n) is 1.83. The Morgan fingerprint density at radius 1 is 1.22 bits per heavy atom. The summed E-state index contributed by atoms with van der Waals surface area (Å²) in [5, 5.41) is 0. The van der Waals surface area contributed by atoms with Crippen LogP contribution in [0.3, 0.4) is 0 Å². The highest BCUT2D eigenvalue weighted by atomic mass is 19.3. The van der Waals surface area contributed by atoms with Gasteiger partial charge in [0, 0.05) is 20.1 Å². The van der Waals surface area contributed by atoms with Gasteiger partial charge < -0.3 is 19.0 Å². The lowest BCUT2D eigenvalue weighted by atomic mass is 10.2. The monoisotopic (exact) mass is 399 g/mol. The van der Waals surface area contributed by atoms with E-state index in [0.717, 1.165) is 11.5 Å². The summed E-state index contributed by atoms with van der Waals surface area (Å²) in [6, 6.07) is -0.773. The van der Waals surface area contributed by atoms with Crippen LogP contribution in [0.25, 0.3) is 0 Å². The van der Waals surface area contributed by atoms with Gasteiger partial charge in [-0.1, -0.05) is 27.7 Å². The highest BCUT2D eigenvalue weighted by Crippen LogP contribution is 2.33. The Labute approximate surface area is 163 Å². The van der Waals surface area contributed by atoms with Gasteiger partial charge in [-0.15, -0.1) is 0 Å². The van der Waals surface area contributed by atoms with E-state index in [2.05, 4.69) is 4.74 Å². The Kier molecular flexibility index (Phi) is 19.0. The minimum atomic E-state index is -2.95. The van der Waals surface area contributed by atoms with Crippen LogP contribution in [0.5, 0.6) is 0 Å². The molecule has 1 fully saturated rings. The van der Waals surface area contributed by atoms with Gasteiger partial charge in [0.2, 0.25) is 0 Å². The van der Waals surface area contributed by atoms with Crippen molar-refractivity contribution in [3.05, 3.63) is 0 Å². The second-order valence-corrected chi connectivity index (χ2v) is 6.10. The zero-order valence-electron chi connectivity index (χ0n) is 18.4. The SMILES string of the molecule is CC.CC.CC(C)(C)OC(=O)N1CC(F)(F)CC1COCC=O.CCOC. The minimum absolute atomic E-state index is 0.104. The van der Waals surface area contributed by atoms with Gasteiger partial charge in [-0.05, 0) is 27.7 Å². The Balaban J connectivity index is -0.000000621. The number of likely N-dealkylation sites (tertiary alicyclic amines) is 1. The van der Waals surface area contributed by atoms with Crippen LogP contribution in [0.15, 0.2) is 0 Å². The number of halogens is 2. The third-order valence-electron chi connectivity index (χ3n) is 2.79. The molecule has 6 nitrogen and oxygen atoms in total. The molecular weight excluding hydrogens is 360 g/mol. The molecule has 1 aliphatic heterocycles. The number of amides is 1. The summed E-state index contributed by atoms with van der Waals surface area (Å²) in [4.78, 5) is 22.9. The van der Waals surface area contributed by atoms with Crippen LogP contribution in [0.2, 0.25) is 0 Å². The molecule has 0 N–H and O–H groups in total. The number of hydrogen-bond acceptors (Lipinski definition) is 5. The summed E-state index contributed by atoms with van der Waals surface area (Å²) >= 11 is 0. The van der Waals surface area contributed by atoms with E-state index in [-0.39, 0.29) is 13.2 Å². The van der Waals surface area contributed by atoms with E-state index in [4.69, 9.17) is 9.47 Å². The molecule has 0 radical (unpaired) electrons. The summed E-state index contributed by atoms with van der Waals surface area (Å²) in [5.74, 6) is -2.95. The molecule has 1 atom stereocenters. The van der Waals surface area contributed by atoms with Crippen LogP contribution in [0.1, 0.15) is 61.8 Å². The molecular formula is C19H39F2NO5. The average molecular weight is 400 g/mol. The van der Waals surface area contributed by atoms with Gasteiger partial charge in [-0.25, -0.2) is 13.6 Å². The van der Waals surface area contributed by atoms with Crippen molar-refractivity contribution in [2.75, 3.05) is 33.5 Å². The summed E-state index contributed by atoms with van der Waals surface area (Å²) in [7, 11) is 1.68. The van der Waals surface area contributed by atoms with Gasteiger partial charge in [0.1, 0.15) is 18.5 Å². The number of hydrogen-bond donors (Lipinski definition) is 0. The number of carbonyl (C=O) groups is 2. The lowest BCUT2D eigenvalue weighted by Crippen LogP contribution is -2.42. The van der Waals surface area contributed by atoms with Crippen LogP contribution in [0.4, 0.5) is 13.6 Å². The maximum atomic E-state index is 13.4. The Morgan fingerprint density at radius 2 is 1.70 bits per heavy atom. The fourth-order valence-corrected chi connectivity index (χ4v) is 1.83. The first kappa shape index (κ1) is 30.4. The number of carbonyl (C=O) groups excluding carboxylic acids is 2. The van der Waals surface area contributed by atoms with E-state index in [0.29, 0.717) is 6.29 Å². The summed E-state index contributed by atoms with van der Waals surface area (Å²) < 4.78 is 41.3. The Hall–Kier alpha value is -1.28. The number of rotatable bonds is 5. The van der Waals surface area contributed by atoms with Crippen molar-refractivity contribution < 1.29 is 32.6 Å². The molecule has 0 aliphatic carbocycles. The normalized spacial score (nSPS) is 17.3. The van der Waals surface area contributed by atoms with Gasteiger partial charge in [-0.3, -0.25) is 4.90 Å². The van der Waals surface area contributed by atoms with Gasteiger partial charge in [-0.2, -0.15) is 0 Å². The Morgan fingerprint density at radius 3 is 2.07 bits per heavy atom. The van der Waals surface area contributed by atoms with E-state index in [1.165, 1.54) is 0 Å². The highest BCUT2D eigenvalue weighted by molar-refractivity contribution is 5.69. The molecule has 1 rings (SSSR count). The van der Waals surface area contributed by atoms with Gasteiger partial charge in [0.05, 0.1) is 19.2 Å². The van der Waals surface area contributed by atoms with Crippen LogP contribution in [0, 0.1) is 0 Å². The van der Waals surface area contributed by atoms with Crippen molar-refractivity contribution >= 4 is 12.4 Å². The van der Waals surface area contributed by atoms with Crippen molar-refractivity contribution in [1.29, 1.82) is 0 Å². The molecule has 1 amide bonds. The van der Waals surface area contributed by atoms with Crippen LogP contribution in [-0.4, -0.2) is 68.3 Å². The third-order valence-corrected chi connectivity index (χ3v) is 2.79. The molecule has 0 aromatic heterocycles. The number of methoxy groups -OCH3 is 1. The van der Waals surface area contributed by atoms with E-state index >= 15 is 0 Å². The standard InChI is InChI=1S/C12H19F2NO4.C3H8O.2C2H6/c1-11(2,3)19-10(17)15-8-12(13,14)6-9(15)7-18-5-4-16;1-3-4-2;2*1-2/h4,9H,5-8H2,1-3H3;3H2,1-2H3;2*1-2H3. The number of nitrogens with zero attached hydrogens (tertiary/aromatic N) is 1. The summed E-state index contributed by atoms with van der Waals surface area (Å²) in [6.07, 6.45) is -0.736.